The first-order chi connectivity index (χ1) is 12.6. The molecule has 2 aromatic carbocycles. The molecule has 7 heteroatoms. The molecule has 2 heterocycles. The van der Waals surface area contributed by atoms with Gasteiger partial charge in [-0.25, -0.2) is 4.98 Å². The fourth-order valence-corrected chi connectivity index (χ4v) is 4.81. The molecule has 0 saturated carbocycles. The van der Waals surface area contributed by atoms with Crippen molar-refractivity contribution in [3.63, 3.8) is 0 Å². The summed E-state index contributed by atoms with van der Waals surface area (Å²) >= 11 is 2.85. The summed E-state index contributed by atoms with van der Waals surface area (Å²) in [5, 5.41) is 5.64. The molecule has 0 unspecified atom stereocenters. The number of thioether (sulfide) groups is 2. The van der Waals surface area contributed by atoms with E-state index in [2.05, 4.69) is 10.3 Å². The van der Waals surface area contributed by atoms with E-state index in [4.69, 9.17) is 0 Å². The molecule has 0 aliphatic carbocycles. The Balaban J connectivity index is 1.50. The van der Waals surface area contributed by atoms with Crippen LogP contribution in [-0.4, -0.2) is 27.0 Å². The number of carbonyl (C=O) groups excluding carboxylic acids is 1. The van der Waals surface area contributed by atoms with Gasteiger partial charge in [0, 0.05) is 30.3 Å². The first-order valence-electron chi connectivity index (χ1n) is 8.26. The molecule has 1 N–H and O–H groups in total. The molecule has 1 aromatic heterocycles. The van der Waals surface area contributed by atoms with Crippen LogP contribution in [0.15, 0.2) is 57.3 Å². The molecule has 3 aromatic rings. The fourth-order valence-electron chi connectivity index (χ4n) is 2.95. The average molecular weight is 383 g/mol. The van der Waals surface area contributed by atoms with Gasteiger partial charge in [-0.2, -0.15) is 0 Å². The third kappa shape index (κ3) is 3.24. The normalized spacial score (nSPS) is 13.0. The van der Waals surface area contributed by atoms with Crippen LogP contribution in [0.2, 0.25) is 0 Å². The number of anilines is 1. The number of fused-ring (bicyclic) bond motifs is 2. The summed E-state index contributed by atoms with van der Waals surface area (Å²) in [7, 11) is 1.71. The third-order valence-electron chi connectivity index (χ3n) is 4.26. The van der Waals surface area contributed by atoms with Gasteiger partial charge in [-0.3, -0.25) is 14.2 Å². The van der Waals surface area contributed by atoms with Crippen molar-refractivity contribution in [2.75, 3.05) is 16.8 Å². The molecular weight excluding hydrogens is 366 g/mol. The first-order valence-corrected chi connectivity index (χ1v) is 10.2. The number of amides is 1. The Labute approximate surface area is 159 Å². The third-order valence-corrected chi connectivity index (χ3v) is 6.40. The van der Waals surface area contributed by atoms with E-state index < -0.39 is 0 Å². The van der Waals surface area contributed by atoms with Crippen molar-refractivity contribution in [2.24, 2.45) is 7.05 Å². The molecule has 0 bridgehead atoms. The lowest BCUT2D eigenvalue weighted by Crippen LogP contribution is -2.23. The highest BCUT2D eigenvalue weighted by Crippen LogP contribution is 2.28. The molecule has 132 valence electrons. The quantitative estimate of drug-likeness (QED) is 0.553. The maximum atomic E-state index is 12.4. The lowest BCUT2D eigenvalue weighted by Gasteiger charge is -2.10. The van der Waals surface area contributed by atoms with Gasteiger partial charge < -0.3 is 5.32 Å². The lowest BCUT2D eigenvalue weighted by molar-refractivity contribution is -0.113. The van der Waals surface area contributed by atoms with Gasteiger partial charge in [0.1, 0.15) is 0 Å². The molecule has 0 fully saturated rings. The van der Waals surface area contributed by atoms with E-state index in [1.165, 1.54) is 16.3 Å². The number of aromatic nitrogens is 2. The number of aryl methyl sites for hydroxylation is 1. The summed E-state index contributed by atoms with van der Waals surface area (Å²) in [6, 6.07) is 13.8. The number of benzene rings is 2. The predicted octanol–water partition coefficient (Wildman–Crippen LogP) is 3.31. The maximum Gasteiger partial charge on any atom is 0.267 e. The number of nitrogens with one attached hydrogen (secondary N) is 1. The minimum atomic E-state index is -0.115. The Hall–Kier alpha value is -2.25. The van der Waals surface area contributed by atoms with Crippen molar-refractivity contribution in [3.05, 3.63) is 58.5 Å². The SMILES string of the molecule is Cn1c(SCC(=O)Nc2cccc3ccccc23)nc2c(c1=O)SCC2. The summed E-state index contributed by atoms with van der Waals surface area (Å²) in [6.45, 7) is 0. The minimum Gasteiger partial charge on any atom is -0.325 e. The van der Waals surface area contributed by atoms with Gasteiger partial charge in [-0.05, 0) is 11.5 Å². The average Bonchev–Trinajstić information content (AvgIpc) is 3.12. The predicted molar refractivity (Wildman–Crippen MR) is 107 cm³/mol. The molecule has 0 radical (unpaired) electrons. The van der Waals surface area contributed by atoms with Crippen LogP contribution in [0.25, 0.3) is 10.8 Å². The molecule has 4 rings (SSSR count). The molecule has 1 aliphatic heterocycles. The van der Waals surface area contributed by atoms with Crippen LogP contribution in [0.3, 0.4) is 0 Å². The van der Waals surface area contributed by atoms with Crippen LogP contribution in [0.5, 0.6) is 0 Å². The highest BCUT2D eigenvalue weighted by molar-refractivity contribution is 8.00. The Morgan fingerprint density at radius 3 is 2.96 bits per heavy atom. The van der Waals surface area contributed by atoms with E-state index in [1.54, 1.807) is 18.8 Å². The summed E-state index contributed by atoms with van der Waals surface area (Å²) in [4.78, 5) is 30.1. The lowest BCUT2D eigenvalue weighted by atomic mass is 10.1. The van der Waals surface area contributed by atoms with Crippen molar-refractivity contribution in [3.8, 4) is 0 Å². The van der Waals surface area contributed by atoms with E-state index in [9.17, 15) is 9.59 Å². The van der Waals surface area contributed by atoms with E-state index in [0.29, 0.717) is 5.16 Å². The monoisotopic (exact) mass is 383 g/mol. The van der Waals surface area contributed by atoms with Gasteiger partial charge in [0.15, 0.2) is 5.16 Å². The topological polar surface area (TPSA) is 64.0 Å². The second kappa shape index (κ2) is 7.17. The summed E-state index contributed by atoms with van der Waals surface area (Å²) < 4.78 is 1.53. The number of hydrogen-bond acceptors (Lipinski definition) is 5. The van der Waals surface area contributed by atoms with Crippen molar-refractivity contribution in [2.45, 2.75) is 16.5 Å². The molecule has 1 aliphatic rings. The summed E-state index contributed by atoms with van der Waals surface area (Å²) in [5.74, 6) is 0.985. The van der Waals surface area contributed by atoms with Crippen LogP contribution in [0.4, 0.5) is 5.69 Å². The molecule has 26 heavy (non-hydrogen) atoms. The maximum absolute atomic E-state index is 12.4. The van der Waals surface area contributed by atoms with Crippen LogP contribution in [0.1, 0.15) is 5.69 Å². The van der Waals surface area contributed by atoms with Gasteiger partial charge >= 0.3 is 0 Å². The summed E-state index contributed by atoms with van der Waals surface area (Å²) in [5.41, 5.74) is 1.63. The summed E-state index contributed by atoms with van der Waals surface area (Å²) in [6.07, 6.45) is 0.811. The number of rotatable bonds is 4. The number of nitrogens with zero attached hydrogens (tertiary/aromatic N) is 2. The van der Waals surface area contributed by atoms with Gasteiger partial charge in [-0.1, -0.05) is 48.2 Å². The van der Waals surface area contributed by atoms with E-state index in [0.717, 1.165) is 39.2 Å². The zero-order chi connectivity index (χ0) is 18.1. The zero-order valence-electron chi connectivity index (χ0n) is 14.2. The van der Waals surface area contributed by atoms with E-state index in [1.807, 2.05) is 42.5 Å². The smallest absolute Gasteiger partial charge is 0.267 e. The standard InChI is InChI=1S/C19H17N3O2S2/c1-22-18(24)17-15(9-10-25-17)21-19(22)26-11-16(23)20-14-8-4-6-12-5-2-3-7-13(12)14/h2-8H,9-11H2,1H3,(H,20,23). The molecule has 5 nitrogen and oxygen atoms in total. The number of hydrogen-bond donors (Lipinski definition) is 1. The van der Waals surface area contributed by atoms with Crippen molar-refractivity contribution in [1.29, 1.82) is 0 Å². The molecule has 0 saturated heterocycles. The second-order valence-corrected chi connectivity index (χ2v) is 8.04. The largest absolute Gasteiger partial charge is 0.325 e. The van der Waals surface area contributed by atoms with Gasteiger partial charge in [0.05, 0.1) is 16.3 Å². The zero-order valence-corrected chi connectivity index (χ0v) is 15.8. The van der Waals surface area contributed by atoms with Crippen molar-refractivity contribution in [1.82, 2.24) is 9.55 Å². The van der Waals surface area contributed by atoms with Gasteiger partial charge in [-0.15, -0.1) is 11.8 Å². The Bertz CT molecular complexity index is 1060. The molecule has 0 spiro atoms. The number of carbonyl (C=O) groups is 1. The van der Waals surface area contributed by atoms with Gasteiger partial charge in [0.2, 0.25) is 5.91 Å². The van der Waals surface area contributed by atoms with Crippen molar-refractivity contribution >= 4 is 45.9 Å². The Morgan fingerprint density at radius 1 is 1.27 bits per heavy atom. The van der Waals surface area contributed by atoms with E-state index in [-0.39, 0.29) is 17.2 Å². The van der Waals surface area contributed by atoms with Crippen molar-refractivity contribution < 1.29 is 4.79 Å². The first kappa shape index (κ1) is 17.2. The van der Waals surface area contributed by atoms with Crippen LogP contribution < -0.4 is 10.9 Å². The molecular formula is C19H17N3O2S2. The fraction of sp³-hybridized carbons (Fsp3) is 0.211. The highest BCUT2D eigenvalue weighted by atomic mass is 32.2. The van der Waals surface area contributed by atoms with Gasteiger partial charge in [0.25, 0.3) is 5.56 Å². The van der Waals surface area contributed by atoms with Crippen LogP contribution >= 0.6 is 23.5 Å². The second-order valence-electron chi connectivity index (χ2n) is 6.00. The highest BCUT2D eigenvalue weighted by Gasteiger charge is 2.20. The molecule has 1 amide bonds. The van der Waals surface area contributed by atoms with Crippen LogP contribution in [0, 0.1) is 0 Å². The Morgan fingerprint density at radius 2 is 2.08 bits per heavy atom. The Kier molecular flexibility index (Phi) is 4.74. The minimum absolute atomic E-state index is 0.0190. The van der Waals surface area contributed by atoms with Crippen LogP contribution in [-0.2, 0) is 18.3 Å². The van der Waals surface area contributed by atoms with E-state index >= 15 is 0 Å². The molecule has 0 atom stereocenters.